The molecule has 2 nitrogen and oxygen atoms in total. The molecular weight excluding hydrogens is 1250 g/mol. The van der Waals surface area contributed by atoms with Crippen molar-refractivity contribution in [2.45, 2.75) is 41.5 Å². The van der Waals surface area contributed by atoms with Crippen LogP contribution in [0, 0.1) is 41.5 Å². The van der Waals surface area contributed by atoms with E-state index in [9.17, 15) is 0 Å². The van der Waals surface area contributed by atoms with Gasteiger partial charge in [-0.15, -0.1) is 0 Å². The lowest BCUT2D eigenvalue weighted by Gasteiger charge is -2.50. The van der Waals surface area contributed by atoms with E-state index in [-0.39, 0.29) is 13.4 Å². The minimum atomic E-state index is 0.0369. The molecule has 0 unspecified atom stereocenters. The van der Waals surface area contributed by atoms with Gasteiger partial charge < -0.3 is 9.80 Å². The molecule has 0 atom stereocenters. The molecule has 23 aromatic rings. The maximum absolute atomic E-state index is 2.90. The molecule has 462 valence electrons. The van der Waals surface area contributed by atoms with Gasteiger partial charge in [0.25, 0.3) is 0 Å². The minimum absolute atomic E-state index is 0.0369. The van der Waals surface area contributed by atoms with Crippen LogP contribution in [-0.2, 0) is 0 Å². The minimum Gasteiger partial charge on any atom is -0.309 e. The van der Waals surface area contributed by atoms with E-state index in [1.165, 1.54) is 362 Å². The van der Waals surface area contributed by atoms with Crippen LogP contribution >= 0.6 is 0 Å². The standard InChI is InChI=1S/C100H46B2N2/c1-35-7-11-41-43-15-21-49-59-29-33-63-55-25-19-47-45-17-23-51-57-27-31-61-53-13-9-37(3)67-40(6)68-38(4)10-14-54-62-32-28-58-52-24-18-46-48-20-26-56-64-34-30-60-50-22-16-44-42-12-8-36(2)66-39(5)65(35)69(41)85(70(42)66)86-71(43)77(49)93(78(50)72(44)86)102-91(59)97(63)104(98(64)92(60)102)100-83(55)75(47)88(76(48)84(56)100)87-73(45)79(51)94(80(52)74(46)87)101-89(57)95(61)103(96(62)90(58)101)99(81(53)67)82(54)68/h7-34H,1-6H3. The highest BCUT2D eigenvalue weighted by Crippen LogP contribution is 2.70. The molecule has 104 heavy (non-hydrogen) atoms. The van der Waals surface area contributed by atoms with Crippen LogP contribution in [-0.4, -0.2) is 13.4 Å². The van der Waals surface area contributed by atoms with Gasteiger partial charge in [-0.2, -0.15) is 0 Å². The predicted octanol–water partition coefficient (Wildman–Crippen LogP) is 23.1. The van der Waals surface area contributed by atoms with Crippen molar-refractivity contribution in [3.8, 4) is 89.0 Å². The molecule has 0 radical (unpaired) electrons. The van der Waals surface area contributed by atoms with Gasteiger partial charge in [0.1, 0.15) is 0 Å². The first kappa shape index (κ1) is 49.1. The first-order valence-corrected chi connectivity index (χ1v) is 37.8. The summed E-state index contributed by atoms with van der Waals surface area (Å²) in [5.41, 5.74) is 47.8. The highest BCUT2D eigenvalue weighted by Gasteiger charge is 2.55. The van der Waals surface area contributed by atoms with Crippen molar-refractivity contribution in [2.24, 2.45) is 0 Å². The normalized spacial score (nSPS) is 15.1. The van der Waals surface area contributed by atoms with Crippen LogP contribution in [0.5, 0.6) is 0 Å². The van der Waals surface area contributed by atoms with Gasteiger partial charge in [0, 0.05) is 82.7 Å². The summed E-state index contributed by atoms with van der Waals surface area (Å²) in [5, 5.41) is 45.8. The molecule has 10 heterocycles. The molecule has 0 fully saturated rings. The molecule has 33 rings (SSSR count). The summed E-state index contributed by atoms with van der Waals surface area (Å²) in [4.78, 5) is 5.73. The van der Waals surface area contributed by atoms with Crippen molar-refractivity contribution in [3.05, 3.63) is 203 Å². The van der Waals surface area contributed by atoms with Crippen LogP contribution in [0.15, 0.2) is 170 Å². The van der Waals surface area contributed by atoms with Crippen molar-refractivity contribution in [2.75, 3.05) is 9.80 Å². The number of benzene rings is 23. The molecule has 4 heteroatoms. The van der Waals surface area contributed by atoms with Gasteiger partial charge >= 0.3 is 0 Å². The van der Waals surface area contributed by atoms with Gasteiger partial charge in [-0.1, -0.05) is 181 Å². The topological polar surface area (TPSA) is 6.48 Å². The number of rotatable bonds is 0. The van der Waals surface area contributed by atoms with Crippen molar-refractivity contribution < 1.29 is 0 Å². The van der Waals surface area contributed by atoms with E-state index >= 15 is 0 Å². The second kappa shape index (κ2) is 14.3. The largest absolute Gasteiger partial charge is 0.309 e. The lowest BCUT2D eigenvalue weighted by atomic mass is 9.29. The Morgan fingerprint density at radius 2 is 0.346 bits per heavy atom. The molecule has 0 N–H and O–H groups in total. The van der Waals surface area contributed by atoms with Gasteiger partial charge in [0.15, 0.2) is 0 Å². The second-order valence-corrected chi connectivity index (χ2v) is 33.7. The summed E-state index contributed by atoms with van der Waals surface area (Å²) in [6.07, 6.45) is 0. The average molecular weight is 1300 g/mol. The fourth-order valence-electron chi connectivity index (χ4n) is 27.3. The Kier molecular flexibility index (Phi) is 6.74. The molecule has 0 bridgehead atoms. The number of hydrogen-bond donors (Lipinski definition) is 0. The van der Waals surface area contributed by atoms with Crippen molar-refractivity contribution >= 4 is 253 Å². The fraction of sp³-hybridized carbons (Fsp3) is 0.0600. The van der Waals surface area contributed by atoms with Crippen molar-refractivity contribution in [3.63, 3.8) is 0 Å². The Bertz CT molecular complexity index is 8320. The number of anilines is 6. The van der Waals surface area contributed by atoms with E-state index in [4.69, 9.17) is 0 Å². The molecule has 0 aliphatic carbocycles. The van der Waals surface area contributed by atoms with E-state index in [2.05, 4.69) is 221 Å². The summed E-state index contributed by atoms with van der Waals surface area (Å²) in [6.45, 7) is 14.3. The zero-order valence-corrected chi connectivity index (χ0v) is 57.2. The van der Waals surface area contributed by atoms with Gasteiger partial charge in [0.05, 0.1) is 11.4 Å². The molecule has 10 aliphatic heterocycles. The Labute approximate surface area is 592 Å². The third kappa shape index (κ3) is 4.18. The maximum Gasteiger partial charge on any atom is 0.250 e. The third-order valence-corrected chi connectivity index (χ3v) is 30.3. The molecule has 0 aromatic heterocycles. The van der Waals surface area contributed by atoms with Gasteiger partial charge in [0.2, 0.25) is 13.4 Å². The SMILES string of the molecule is Cc1ccc2c3c4c5c(ccc(C)c5c(C)c13)-c1ccc3c5c1N4c1c-2ccc2c1B5c1c4c-2ccc2c5ccc6c7c8c9c(ccc%10c%11ccc-3c1c%11c(c42)c(c75)c9%10)-c1ccc2c3c1N8c1c-6ccc4c1B3c1c3c-4ccc4c5ccc(C)c6c(C)c7c(C)ccc8c9ccc-2c1c9c(c34)c(c65)c78. The molecular formula is C100H46B2N2. The van der Waals surface area contributed by atoms with E-state index in [0.717, 1.165) is 0 Å². The molecule has 0 saturated heterocycles. The highest BCUT2D eigenvalue weighted by atomic mass is 15.2. The first-order valence-electron chi connectivity index (χ1n) is 37.8. The van der Waals surface area contributed by atoms with Crippen LogP contribution in [0.1, 0.15) is 33.4 Å². The van der Waals surface area contributed by atoms with Crippen molar-refractivity contribution in [1.82, 2.24) is 0 Å². The van der Waals surface area contributed by atoms with E-state index in [1.54, 1.807) is 0 Å². The van der Waals surface area contributed by atoms with Gasteiger partial charge in [-0.25, -0.2) is 0 Å². The van der Waals surface area contributed by atoms with Crippen LogP contribution in [0.3, 0.4) is 0 Å². The highest BCUT2D eigenvalue weighted by molar-refractivity contribution is 7.06. The summed E-state index contributed by atoms with van der Waals surface area (Å²) < 4.78 is 0. The van der Waals surface area contributed by atoms with Crippen LogP contribution in [0.4, 0.5) is 34.1 Å². The van der Waals surface area contributed by atoms with E-state index in [0.29, 0.717) is 0 Å². The lowest BCUT2D eigenvalue weighted by molar-refractivity contribution is 1.28. The summed E-state index contributed by atoms with van der Waals surface area (Å²) in [5.74, 6) is 0. The van der Waals surface area contributed by atoms with Crippen molar-refractivity contribution in [1.29, 1.82) is 0 Å². The Morgan fingerprint density at radius 1 is 0.154 bits per heavy atom. The monoisotopic (exact) mass is 1300 g/mol. The van der Waals surface area contributed by atoms with Gasteiger partial charge in [-0.05, 0) is 298 Å². The summed E-state index contributed by atoms with van der Waals surface area (Å²) in [7, 11) is 0. The molecule has 0 spiro atoms. The first-order chi connectivity index (χ1) is 51.2. The van der Waals surface area contributed by atoms with E-state index in [1.807, 2.05) is 0 Å². The summed E-state index contributed by atoms with van der Waals surface area (Å²) in [6, 6.07) is 71.1. The van der Waals surface area contributed by atoms with Gasteiger partial charge in [-0.3, -0.25) is 0 Å². The zero-order valence-electron chi connectivity index (χ0n) is 57.2. The van der Waals surface area contributed by atoms with Crippen LogP contribution in [0.25, 0.3) is 261 Å². The maximum atomic E-state index is 2.90. The number of hydrogen-bond acceptors (Lipinski definition) is 2. The zero-order chi connectivity index (χ0) is 66.2. The smallest absolute Gasteiger partial charge is 0.250 e. The van der Waals surface area contributed by atoms with Crippen LogP contribution in [0.2, 0.25) is 0 Å². The molecule has 23 aromatic carbocycles. The molecule has 0 saturated carbocycles. The predicted molar refractivity (Wildman–Crippen MR) is 446 cm³/mol. The Morgan fingerprint density at radius 3 is 0.635 bits per heavy atom. The number of fused-ring (bicyclic) bond motifs is 12. The molecule has 0 amide bonds. The Balaban J connectivity index is 0.733. The fourth-order valence-corrected chi connectivity index (χ4v) is 27.3. The third-order valence-electron chi connectivity index (χ3n) is 30.3. The summed E-state index contributed by atoms with van der Waals surface area (Å²) >= 11 is 0. The van der Waals surface area contributed by atoms with Crippen LogP contribution < -0.4 is 42.6 Å². The van der Waals surface area contributed by atoms with E-state index < -0.39 is 0 Å². The lowest BCUT2D eigenvalue weighted by Crippen LogP contribution is -2.62. The number of nitrogens with zero attached hydrogens (tertiary/aromatic N) is 2. The second-order valence-electron chi connectivity index (χ2n) is 33.7. The number of aryl methyl sites for hydroxylation is 6. The average Bonchev–Trinajstić information content (AvgIpc) is 0.625. The molecule has 10 aliphatic rings. The quantitative estimate of drug-likeness (QED) is 0.0848. The Hall–Kier alpha value is -12.5.